The minimum atomic E-state index is -0.630. The number of fused-ring (bicyclic) bond motifs is 6. The Morgan fingerprint density at radius 3 is 2.93 bits per heavy atom. The average molecular weight is 365 g/mol. The summed E-state index contributed by atoms with van der Waals surface area (Å²) in [5, 5.41) is 12.1. The van der Waals surface area contributed by atoms with Crippen LogP contribution in [0.2, 0.25) is 0 Å². The smallest absolute Gasteiger partial charge is 0.273 e. The normalized spacial score (nSPS) is 17.7. The van der Waals surface area contributed by atoms with Crippen LogP contribution >= 0.6 is 0 Å². The maximum Gasteiger partial charge on any atom is 0.273 e. The van der Waals surface area contributed by atoms with E-state index in [-0.39, 0.29) is 17.3 Å². The van der Waals surface area contributed by atoms with Gasteiger partial charge in [-0.1, -0.05) is 0 Å². The van der Waals surface area contributed by atoms with Gasteiger partial charge in [0.1, 0.15) is 11.5 Å². The standard InChI is InChI=1S/C19H15N3O5/c1-26-11-3-5-15-14(9-11)12-6-7-21-18(23)13-4-2-10(22(24)25)8-16(13)27-19(21)17(12)20-15/h2-5,8-9,19-20H,6-7H2,1H3. The SMILES string of the molecule is COc1ccc2[nH]c3c(c2c1)CCN1C(=O)c2ccc([N+](=O)[O-])cc2OC31. The highest BCUT2D eigenvalue weighted by molar-refractivity contribution is 5.99. The Balaban J connectivity index is 1.64. The fourth-order valence-electron chi connectivity index (χ4n) is 3.86. The number of nitro groups is 1. The maximum absolute atomic E-state index is 12.9. The molecule has 0 spiro atoms. The van der Waals surface area contributed by atoms with E-state index in [1.807, 2.05) is 18.2 Å². The molecule has 5 rings (SSSR count). The molecule has 0 saturated heterocycles. The number of amides is 1. The molecule has 27 heavy (non-hydrogen) atoms. The number of carbonyl (C=O) groups is 1. The molecule has 1 N–H and O–H groups in total. The van der Waals surface area contributed by atoms with E-state index >= 15 is 0 Å². The van der Waals surface area contributed by atoms with Crippen LogP contribution in [0, 0.1) is 10.1 Å². The van der Waals surface area contributed by atoms with Crippen LogP contribution in [0.1, 0.15) is 27.8 Å². The zero-order chi connectivity index (χ0) is 18.7. The molecule has 8 nitrogen and oxygen atoms in total. The van der Waals surface area contributed by atoms with Crippen LogP contribution in [0.5, 0.6) is 11.5 Å². The number of H-pyrrole nitrogens is 1. The maximum atomic E-state index is 12.9. The van der Waals surface area contributed by atoms with Crippen LogP contribution in [0.4, 0.5) is 5.69 Å². The third-order valence-corrected chi connectivity index (χ3v) is 5.18. The molecule has 0 aliphatic carbocycles. The van der Waals surface area contributed by atoms with Crippen molar-refractivity contribution in [2.75, 3.05) is 13.7 Å². The van der Waals surface area contributed by atoms with Gasteiger partial charge >= 0.3 is 0 Å². The fraction of sp³-hybridized carbons (Fsp3) is 0.211. The fourth-order valence-corrected chi connectivity index (χ4v) is 3.86. The van der Waals surface area contributed by atoms with Gasteiger partial charge in [0.05, 0.1) is 29.4 Å². The third-order valence-electron chi connectivity index (χ3n) is 5.18. The number of non-ortho nitro benzene ring substituents is 1. The van der Waals surface area contributed by atoms with Crippen molar-refractivity contribution in [3.05, 3.63) is 63.3 Å². The molecule has 2 aliphatic rings. The molecule has 8 heteroatoms. The first-order valence-corrected chi connectivity index (χ1v) is 8.51. The number of rotatable bonds is 2. The lowest BCUT2D eigenvalue weighted by molar-refractivity contribution is -0.385. The highest BCUT2D eigenvalue weighted by atomic mass is 16.6. The quantitative estimate of drug-likeness (QED) is 0.556. The number of hydrogen-bond acceptors (Lipinski definition) is 5. The summed E-state index contributed by atoms with van der Waals surface area (Å²) >= 11 is 0. The largest absolute Gasteiger partial charge is 0.497 e. The lowest BCUT2D eigenvalue weighted by atomic mass is 9.99. The summed E-state index contributed by atoms with van der Waals surface area (Å²) in [7, 11) is 1.62. The Hall–Kier alpha value is -3.55. The van der Waals surface area contributed by atoms with E-state index in [9.17, 15) is 14.9 Å². The van der Waals surface area contributed by atoms with Crippen LogP contribution in [0.3, 0.4) is 0 Å². The van der Waals surface area contributed by atoms with Gasteiger partial charge in [-0.25, -0.2) is 0 Å². The zero-order valence-corrected chi connectivity index (χ0v) is 14.4. The van der Waals surface area contributed by atoms with Crippen molar-refractivity contribution in [1.82, 2.24) is 9.88 Å². The van der Waals surface area contributed by atoms with Gasteiger partial charge in [-0.15, -0.1) is 0 Å². The molecule has 2 aromatic carbocycles. The molecule has 1 unspecified atom stereocenters. The molecule has 136 valence electrons. The minimum Gasteiger partial charge on any atom is -0.497 e. The van der Waals surface area contributed by atoms with Gasteiger partial charge in [-0.3, -0.25) is 19.8 Å². The summed E-state index contributed by atoms with van der Waals surface area (Å²) in [6.45, 7) is 0.511. The second-order valence-electron chi connectivity index (χ2n) is 6.59. The minimum absolute atomic E-state index is 0.104. The van der Waals surface area contributed by atoms with Crippen LogP contribution in [-0.2, 0) is 6.42 Å². The molecule has 1 amide bonds. The van der Waals surface area contributed by atoms with Crippen molar-refractivity contribution >= 4 is 22.5 Å². The van der Waals surface area contributed by atoms with Crippen molar-refractivity contribution < 1.29 is 19.2 Å². The Kier molecular flexibility index (Phi) is 3.18. The topological polar surface area (TPSA) is 97.7 Å². The lowest BCUT2D eigenvalue weighted by Crippen LogP contribution is -2.45. The molecule has 0 fully saturated rings. The second-order valence-corrected chi connectivity index (χ2v) is 6.59. The molecule has 3 aromatic rings. The van der Waals surface area contributed by atoms with Crippen LogP contribution in [0.25, 0.3) is 10.9 Å². The first-order chi connectivity index (χ1) is 13.1. The summed E-state index contributed by atoms with van der Waals surface area (Å²) < 4.78 is 11.4. The van der Waals surface area contributed by atoms with Crippen LogP contribution in [-0.4, -0.2) is 34.4 Å². The van der Waals surface area contributed by atoms with E-state index in [0.717, 1.165) is 27.9 Å². The predicted octanol–water partition coefficient (Wildman–Crippen LogP) is 3.17. The number of hydrogen-bond donors (Lipinski definition) is 1. The van der Waals surface area contributed by atoms with Crippen molar-refractivity contribution in [1.29, 1.82) is 0 Å². The summed E-state index contributed by atoms with van der Waals surface area (Å²) in [5.74, 6) is 0.811. The van der Waals surface area contributed by atoms with E-state index < -0.39 is 11.2 Å². The summed E-state index contributed by atoms with van der Waals surface area (Å²) in [6, 6.07) is 9.85. The molecule has 0 bridgehead atoms. The highest BCUT2D eigenvalue weighted by Gasteiger charge is 2.40. The van der Waals surface area contributed by atoms with Gasteiger partial charge < -0.3 is 14.5 Å². The number of aromatic nitrogens is 1. The molecular formula is C19H15N3O5. The number of ether oxygens (including phenoxy) is 2. The molecule has 3 heterocycles. The Bertz CT molecular complexity index is 1120. The monoisotopic (exact) mass is 365 g/mol. The van der Waals surface area contributed by atoms with E-state index in [1.54, 1.807) is 12.0 Å². The number of nitrogens with zero attached hydrogens (tertiary/aromatic N) is 2. The Morgan fingerprint density at radius 2 is 2.15 bits per heavy atom. The summed E-state index contributed by atoms with van der Waals surface area (Å²) in [6.07, 6.45) is 0.0605. The Labute approximate surface area is 153 Å². The predicted molar refractivity (Wildman–Crippen MR) is 96.1 cm³/mol. The van der Waals surface area contributed by atoms with Crippen molar-refractivity contribution in [2.24, 2.45) is 0 Å². The molecule has 1 atom stereocenters. The number of nitro benzene ring substituents is 1. The third kappa shape index (κ3) is 2.19. The summed E-state index contributed by atoms with van der Waals surface area (Å²) in [5.41, 5.74) is 3.05. The van der Waals surface area contributed by atoms with E-state index in [1.165, 1.54) is 18.2 Å². The molecule has 0 saturated carbocycles. The van der Waals surface area contributed by atoms with Gasteiger partial charge in [-0.2, -0.15) is 0 Å². The van der Waals surface area contributed by atoms with Gasteiger partial charge in [0, 0.05) is 23.5 Å². The van der Waals surface area contributed by atoms with Crippen molar-refractivity contribution in [2.45, 2.75) is 12.6 Å². The zero-order valence-electron chi connectivity index (χ0n) is 14.4. The lowest BCUT2D eigenvalue weighted by Gasteiger charge is -2.39. The van der Waals surface area contributed by atoms with E-state index in [0.29, 0.717) is 18.5 Å². The molecule has 0 radical (unpaired) electrons. The van der Waals surface area contributed by atoms with Crippen molar-refractivity contribution in [3.63, 3.8) is 0 Å². The van der Waals surface area contributed by atoms with E-state index in [2.05, 4.69) is 4.98 Å². The highest BCUT2D eigenvalue weighted by Crippen LogP contribution is 2.42. The molecule has 2 aliphatic heterocycles. The van der Waals surface area contributed by atoms with Crippen LogP contribution < -0.4 is 9.47 Å². The second kappa shape index (κ2) is 5.47. The summed E-state index contributed by atoms with van der Waals surface area (Å²) in [4.78, 5) is 28.5. The first-order valence-electron chi connectivity index (χ1n) is 8.51. The Morgan fingerprint density at radius 1 is 1.30 bits per heavy atom. The van der Waals surface area contributed by atoms with Crippen LogP contribution in [0.15, 0.2) is 36.4 Å². The number of benzene rings is 2. The van der Waals surface area contributed by atoms with Crippen molar-refractivity contribution in [3.8, 4) is 11.5 Å². The van der Waals surface area contributed by atoms with Gasteiger partial charge in [0.2, 0.25) is 6.23 Å². The average Bonchev–Trinajstić information content (AvgIpc) is 3.06. The molecular weight excluding hydrogens is 350 g/mol. The van der Waals surface area contributed by atoms with Gasteiger partial charge in [-0.05, 0) is 36.2 Å². The molecule has 1 aromatic heterocycles. The van der Waals surface area contributed by atoms with E-state index in [4.69, 9.17) is 9.47 Å². The first kappa shape index (κ1) is 15.7. The number of carbonyl (C=O) groups excluding carboxylic acids is 1. The van der Waals surface area contributed by atoms with Gasteiger partial charge in [0.15, 0.2) is 0 Å². The number of nitrogens with one attached hydrogen (secondary N) is 1. The number of methoxy groups -OCH3 is 1. The number of aromatic amines is 1. The van der Waals surface area contributed by atoms with Gasteiger partial charge in [0.25, 0.3) is 11.6 Å².